The van der Waals surface area contributed by atoms with Crippen molar-refractivity contribution in [3.8, 4) is 6.07 Å². The molecule has 0 saturated heterocycles. The molecule has 0 spiro atoms. The Morgan fingerprint density at radius 2 is 1.59 bits per heavy atom. The quantitative estimate of drug-likeness (QED) is 0.620. The highest BCUT2D eigenvalue weighted by Crippen LogP contribution is 2.20. The van der Waals surface area contributed by atoms with Gasteiger partial charge < -0.3 is 5.11 Å². The number of nitrogens with zero attached hydrogens (tertiary/aromatic N) is 1. The summed E-state index contributed by atoms with van der Waals surface area (Å²) >= 11 is 0. The van der Waals surface area contributed by atoms with Crippen molar-refractivity contribution in [1.29, 1.82) is 5.26 Å². The highest BCUT2D eigenvalue weighted by molar-refractivity contribution is 7.92. The normalized spacial score (nSPS) is 10.9. The number of anilines is 1. The van der Waals surface area contributed by atoms with Gasteiger partial charge in [-0.1, -0.05) is 36.4 Å². The number of hydrogen-bond acceptors (Lipinski definition) is 4. The van der Waals surface area contributed by atoms with E-state index in [-0.39, 0.29) is 16.0 Å². The number of rotatable bonds is 7. The number of nitrogens with one attached hydrogen (secondary N) is 1. The van der Waals surface area contributed by atoms with E-state index in [1.54, 1.807) is 48.5 Å². The minimum absolute atomic E-state index is 0.0709. The number of carboxylic acids is 1. The zero-order valence-corrected chi connectivity index (χ0v) is 16.2. The lowest BCUT2D eigenvalue weighted by atomic mass is 10.0. The SMILES string of the molecule is N#Cc1ccccc1S(=O)(=O)Nc1cccc(CCc2cccc(C(=O)O)c2)c1. The van der Waals surface area contributed by atoms with Crippen LogP contribution in [0.2, 0.25) is 0 Å². The molecule has 3 aromatic carbocycles. The molecule has 6 nitrogen and oxygen atoms in total. The van der Waals surface area contributed by atoms with Crippen LogP contribution in [0.5, 0.6) is 0 Å². The van der Waals surface area contributed by atoms with Crippen LogP contribution in [0.3, 0.4) is 0 Å². The Hall–Kier alpha value is -3.63. The van der Waals surface area contributed by atoms with Crippen molar-refractivity contribution in [3.05, 3.63) is 95.1 Å². The fourth-order valence-corrected chi connectivity index (χ4v) is 4.15. The van der Waals surface area contributed by atoms with E-state index < -0.39 is 16.0 Å². The average molecular weight is 406 g/mol. The van der Waals surface area contributed by atoms with Gasteiger partial charge in [0, 0.05) is 5.69 Å². The molecule has 0 unspecified atom stereocenters. The number of sulfonamides is 1. The van der Waals surface area contributed by atoms with Crippen LogP contribution in [0.1, 0.15) is 27.0 Å². The molecule has 3 aromatic rings. The Morgan fingerprint density at radius 1 is 0.931 bits per heavy atom. The molecule has 0 saturated carbocycles. The summed E-state index contributed by atoms with van der Waals surface area (Å²) in [5, 5.41) is 18.2. The predicted molar refractivity (Wildman–Crippen MR) is 109 cm³/mol. The smallest absolute Gasteiger partial charge is 0.335 e. The number of benzene rings is 3. The van der Waals surface area contributed by atoms with E-state index in [4.69, 9.17) is 10.4 Å². The number of aromatic carboxylic acids is 1. The number of hydrogen-bond donors (Lipinski definition) is 2. The monoisotopic (exact) mass is 406 g/mol. The molecular weight excluding hydrogens is 388 g/mol. The van der Waals surface area contributed by atoms with Gasteiger partial charge >= 0.3 is 5.97 Å². The van der Waals surface area contributed by atoms with Crippen LogP contribution in [0.25, 0.3) is 0 Å². The standard InChI is InChI=1S/C22H18N2O4S/c23-15-19-7-1-2-10-21(19)29(27,28)24-20-9-4-6-17(14-20)12-11-16-5-3-8-18(13-16)22(25)26/h1-10,13-14,24H,11-12H2,(H,25,26). The van der Waals surface area contributed by atoms with Gasteiger partial charge in [-0.15, -0.1) is 0 Å². The van der Waals surface area contributed by atoms with Crippen LogP contribution in [-0.4, -0.2) is 19.5 Å². The largest absolute Gasteiger partial charge is 0.478 e. The van der Waals surface area contributed by atoms with Crippen molar-refractivity contribution in [1.82, 2.24) is 0 Å². The van der Waals surface area contributed by atoms with E-state index in [1.807, 2.05) is 18.2 Å². The molecule has 146 valence electrons. The molecule has 0 aliphatic rings. The molecule has 0 fully saturated rings. The van der Waals surface area contributed by atoms with Gasteiger partial charge in [-0.25, -0.2) is 13.2 Å². The first-order chi connectivity index (χ1) is 13.9. The zero-order chi connectivity index (χ0) is 20.9. The number of carboxylic acid groups (broad SMARTS) is 1. The van der Waals surface area contributed by atoms with Gasteiger partial charge in [0.25, 0.3) is 10.0 Å². The molecule has 7 heteroatoms. The maximum Gasteiger partial charge on any atom is 0.335 e. The minimum Gasteiger partial charge on any atom is -0.478 e. The van der Waals surface area contributed by atoms with Crippen LogP contribution >= 0.6 is 0 Å². The fourth-order valence-electron chi connectivity index (χ4n) is 2.94. The van der Waals surface area contributed by atoms with Gasteiger partial charge in [-0.3, -0.25) is 4.72 Å². The van der Waals surface area contributed by atoms with E-state index in [1.165, 1.54) is 12.1 Å². The number of nitriles is 1. The van der Waals surface area contributed by atoms with Gasteiger partial charge in [0.2, 0.25) is 0 Å². The molecule has 0 heterocycles. The first-order valence-corrected chi connectivity index (χ1v) is 10.3. The Morgan fingerprint density at radius 3 is 2.28 bits per heavy atom. The van der Waals surface area contributed by atoms with E-state index in [2.05, 4.69) is 4.72 Å². The van der Waals surface area contributed by atoms with E-state index in [0.29, 0.717) is 18.5 Å². The van der Waals surface area contributed by atoms with Crippen LogP contribution < -0.4 is 4.72 Å². The summed E-state index contributed by atoms with van der Waals surface area (Å²) in [6.45, 7) is 0. The predicted octanol–water partition coefficient (Wildman–Crippen LogP) is 3.84. The molecule has 0 aliphatic heterocycles. The Balaban J connectivity index is 1.75. The average Bonchev–Trinajstić information content (AvgIpc) is 2.72. The van der Waals surface area contributed by atoms with E-state index in [9.17, 15) is 13.2 Å². The fraction of sp³-hybridized carbons (Fsp3) is 0.0909. The summed E-state index contributed by atoms with van der Waals surface area (Å²) in [6, 6.07) is 21.6. The van der Waals surface area contributed by atoms with Gasteiger partial charge in [0.15, 0.2) is 0 Å². The Kier molecular flexibility index (Phi) is 5.96. The molecular formula is C22H18N2O4S. The van der Waals surface area contributed by atoms with Crippen LogP contribution in [0, 0.1) is 11.3 Å². The summed E-state index contributed by atoms with van der Waals surface area (Å²) in [7, 11) is -3.89. The van der Waals surface area contributed by atoms with Crippen molar-refractivity contribution in [2.45, 2.75) is 17.7 Å². The third-order valence-corrected chi connectivity index (χ3v) is 5.79. The second-order valence-corrected chi connectivity index (χ2v) is 8.07. The molecule has 0 radical (unpaired) electrons. The van der Waals surface area contributed by atoms with Crippen LogP contribution in [0.15, 0.2) is 77.7 Å². The van der Waals surface area contributed by atoms with Crippen molar-refractivity contribution in [2.24, 2.45) is 0 Å². The molecule has 0 atom stereocenters. The third kappa shape index (κ3) is 5.00. The molecule has 0 aliphatic carbocycles. The third-order valence-electron chi connectivity index (χ3n) is 4.35. The van der Waals surface area contributed by atoms with Gasteiger partial charge in [-0.2, -0.15) is 5.26 Å². The maximum absolute atomic E-state index is 12.7. The second-order valence-electron chi connectivity index (χ2n) is 6.42. The maximum atomic E-state index is 12.7. The minimum atomic E-state index is -3.89. The van der Waals surface area contributed by atoms with Gasteiger partial charge in [0.1, 0.15) is 11.0 Å². The summed E-state index contributed by atoms with van der Waals surface area (Å²) in [5.74, 6) is -0.971. The van der Waals surface area contributed by atoms with Gasteiger partial charge in [-0.05, 0) is 60.4 Å². The zero-order valence-electron chi connectivity index (χ0n) is 15.4. The highest BCUT2D eigenvalue weighted by atomic mass is 32.2. The number of aryl methyl sites for hydroxylation is 2. The molecule has 0 amide bonds. The van der Waals surface area contributed by atoms with Crippen LogP contribution in [-0.2, 0) is 22.9 Å². The molecule has 29 heavy (non-hydrogen) atoms. The molecule has 0 aromatic heterocycles. The highest BCUT2D eigenvalue weighted by Gasteiger charge is 2.18. The number of carbonyl (C=O) groups is 1. The second kappa shape index (κ2) is 8.59. The topological polar surface area (TPSA) is 107 Å². The van der Waals surface area contributed by atoms with Crippen molar-refractivity contribution < 1.29 is 18.3 Å². The van der Waals surface area contributed by atoms with Gasteiger partial charge in [0.05, 0.1) is 11.1 Å². The summed E-state index contributed by atoms with van der Waals surface area (Å²) in [6.07, 6.45) is 1.24. The first-order valence-electron chi connectivity index (χ1n) is 8.82. The Labute approximate surface area is 169 Å². The van der Waals surface area contributed by atoms with E-state index in [0.717, 1.165) is 11.1 Å². The summed E-state index contributed by atoms with van der Waals surface area (Å²) in [4.78, 5) is 11.0. The first kappa shape index (κ1) is 20.1. The molecule has 3 rings (SSSR count). The molecule has 0 bridgehead atoms. The Bertz CT molecular complexity index is 1200. The van der Waals surface area contributed by atoms with E-state index >= 15 is 0 Å². The molecule has 2 N–H and O–H groups in total. The van der Waals surface area contributed by atoms with Crippen LogP contribution in [0.4, 0.5) is 5.69 Å². The van der Waals surface area contributed by atoms with Crippen molar-refractivity contribution >= 4 is 21.7 Å². The van der Waals surface area contributed by atoms with Crippen molar-refractivity contribution in [2.75, 3.05) is 4.72 Å². The lowest BCUT2D eigenvalue weighted by Crippen LogP contribution is -2.14. The van der Waals surface area contributed by atoms with Crippen molar-refractivity contribution in [3.63, 3.8) is 0 Å². The summed E-state index contributed by atoms with van der Waals surface area (Å²) < 4.78 is 27.8. The lowest BCUT2D eigenvalue weighted by molar-refractivity contribution is 0.0696. The lowest BCUT2D eigenvalue weighted by Gasteiger charge is -2.11. The summed E-state index contributed by atoms with van der Waals surface area (Å²) in [5.41, 5.74) is 2.50.